The topological polar surface area (TPSA) is 63.0 Å². The average Bonchev–Trinajstić information content (AvgIpc) is 2.87. The monoisotopic (exact) mass is 238 g/mol. The maximum Gasteiger partial charge on any atom is 0.141 e. The lowest BCUT2D eigenvalue weighted by Gasteiger charge is -2.22. The Labute approximate surface area is 102 Å². The zero-order chi connectivity index (χ0) is 12.3. The molecule has 0 unspecified atom stereocenters. The van der Waals surface area contributed by atoms with Crippen molar-refractivity contribution in [3.8, 4) is 0 Å². The molecular weight excluding hydrogens is 216 g/mol. The Morgan fingerprint density at radius 1 is 1.47 bits per heavy atom. The van der Waals surface area contributed by atoms with Crippen LogP contribution in [0.4, 0.5) is 0 Å². The number of nitrogens with one attached hydrogen (secondary N) is 1. The molecule has 1 saturated carbocycles. The van der Waals surface area contributed by atoms with E-state index in [2.05, 4.69) is 29.2 Å². The van der Waals surface area contributed by atoms with Crippen molar-refractivity contribution in [2.45, 2.75) is 57.7 Å². The van der Waals surface area contributed by atoms with Gasteiger partial charge in [0.1, 0.15) is 12.2 Å². The predicted molar refractivity (Wildman–Crippen MR) is 65.5 cm³/mol. The number of hydrogen-bond acceptors (Lipinski definition) is 4. The second-order valence-electron chi connectivity index (χ2n) is 5.25. The summed E-state index contributed by atoms with van der Waals surface area (Å²) in [4.78, 5) is 4.23. The van der Waals surface area contributed by atoms with Crippen LogP contribution in [0, 0.1) is 0 Å². The third-order valence-electron chi connectivity index (χ3n) is 3.41. The first-order valence-electron chi connectivity index (χ1n) is 6.42. The van der Waals surface area contributed by atoms with Gasteiger partial charge in [-0.2, -0.15) is 5.10 Å². The molecule has 2 rings (SSSR count). The van der Waals surface area contributed by atoms with Gasteiger partial charge in [-0.15, -0.1) is 0 Å². The molecule has 1 aromatic heterocycles. The van der Waals surface area contributed by atoms with Gasteiger partial charge in [0.25, 0.3) is 0 Å². The molecule has 1 heterocycles. The van der Waals surface area contributed by atoms with Gasteiger partial charge in [-0.25, -0.2) is 9.67 Å². The van der Waals surface area contributed by atoms with Gasteiger partial charge < -0.3 is 10.4 Å². The Kier molecular flexibility index (Phi) is 3.79. The molecule has 5 heteroatoms. The van der Waals surface area contributed by atoms with Gasteiger partial charge >= 0.3 is 0 Å². The van der Waals surface area contributed by atoms with Gasteiger partial charge in [-0.3, -0.25) is 0 Å². The maximum atomic E-state index is 10.2. The van der Waals surface area contributed by atoms with Gasteiger partial charge in [-0.1, -0.05) is 12.8 Å². The number of hydrogen-bond donors (Lipinski definition) is 2. The van der Waals surface area contributed by atoms with Crippen molar-refractivity contribution in [3.05, 3.63) is 12.2 Å². The fourth-order valence-corrected chi connectivity index (χ4v) is 2.45. The van der Waals surface area contributed by atoms with Crippen LogP contribution >= 0.6 is 0 Å². The zero-order valence-corrected chi connectivity index (χ0v) is 10.7. The van der Waals surface area contributed by atoms with Crippen molar-refractivity contribution in [1.82, 2.24) is 20.1 Å². The van der Waals surface area contributed by atoms with Crippen LogP contribution in [0.15, 0.2) is 6.33 Å². The lowest BCUT2D eigenvalue weighted by molar-refractivity contribution is 0.0472. The van der Waals surface area contributed by atoms with E-state index in [1.807, 2.05) is 4.68 Å². The molecule has 1 fully saturated rings. The quantitative estimate of drug-likeness (QED) is 0.810. The molecule has 1 aliphatic rings. The second-order valence-corrected chi connectivity index (χ2v) is 5.25. The Bertz CT molecular complexity index is 355. The first-order valence-corrected chi connectivity index (χ1v) is 6.42. The SMILES string of the molecule is CC(C)n1ncnc1CNCC1(O)CCCC1. The minimum Gasteiger partial charge on any atom is -0.389 e. The third kappa shape index (κ3) is 3.04. The second kappa shape index (κ2) is 5.14. The lowest BCUT2D eigenvalue weighted by Crippen LogP contribution is -2.38. The van der Waals surface area contributed by atoms with Gasteiger partial charge in [0.05, 0.1) is 12.1 Å². The van der Waals surface area contributed by atoms with E-state index in [-0.39, 0.29) is 0 Å². The van der Waals surface area contributed by atoms with Crippen LogP contribution in [-0.2, 0) is 6.54 Å². The van der Waals surface area contributed by atoms with Crippen molar-refractivity contribution in [3.63, 3.8) is 0 Å². The van der Waals surface area contributed by atoms with Crippen molar-refractivity contribution >= 4 is 0 Å². The normalized spacial score (nSPS) is 19.1. The van der Waals surface area contributed by atoms with Crippen LogP contribution in [0.2, 0.25) is 0 Å². The number of aliphatic hydroxyl groups is 1. The molecule has 17 heavy (non-hydrogen) atoms. The summed E-state index contributed by atoms with van der Waals surface area (Å²) in [5.74, 6) is 0.932. The first kappa shape index (κ1) is 12.5. The zero-order valence-electron chi connectivity index (χ0n) is 10.7. The Morgan fingerprint density at radius 3 is 2.82 bits per heavy atom. The lowest BCUT2D eigenvalue weighted by atomic mass is 10.0. The predicted octanol–water partition coefficient (Wildman–Crippen LogP) is 1.25. The van der Waals surface area contributed by atoms with E-state index in [4.69, 9.17) is 0 Å². The molecule has 0 radical (unpaired) electrons. The number of aromatic nitrogens is 3. The fraction of sp³-hybridized carbons (Fsp3) is 0.833. The standard InChI is InChI=1S/C12H22N4O/c1-10(2)16-11(14-9-15-16)7-13-8-12(17)5-3-4-6-12/h9-10,13,17H,3-8H2,1-2H3. The molecule has 0 spiro atoms. The molecule has 96 valence electrons. The van der Waals surface area contributed by atoms with Crippen LogP contribution < -0.4 is 5.32 Å². The molecule has 1 aromatic rings. The summed E-state index contributed by atoms with van der Waals surface area (Å²) in [7, 11) is 0. The molecule has 0 atom stereocenters. The van der Waals surface area contributed by atoms with Crippen molar-refractivity contribution in [1.29, 1.82) is 0 Å². The summed E-state index contributed by atoms with van der Waals surface area (Å²) in [6.07, 6.45) is 5.69. The summed E-state index contributed by atoms with van der Waals surface area (Å²) in [6, 6.07) is 0.323. The maximum absolute atomic E-state index is 10.2. The summed E-state index contributed by atoms with van der Waals surface area (Å²) in [5, 5.41) is 17.7. The minimum absolute atomic E-state index is 0.323. The number of nitrogens with zero attached hydrogens (tertiary/aromatic N) is 3. The van der Waals surface area contributed by atoms with E-state index in [1.165, 1.54) is 0 Å². The van der Waals surface area contributed by atoms with Crippen LogP contribution in [-0.4, -0.2) is 32.0 Å². The van der Waals surface area contributed by atoms with Crippen molar-refractivity contribution < 1.29 is 5.11 Å². The highest BCUT2D eigenvalue weighted by Gasteiger charge is 2.30. The molecule has 0 amide bonds. The Hall–Kier alpha value is -0.940. The van der Waals surface area contributed by atoms with Crippen molar-refractivity contribution in [2.24, 2.45) is 0 Å². The molecule has 0 saturated heterocycles. The van der Waals surface area contributed by atoms with E-state index in [1.54, 1.807) is 6.33 Å². The highest BCUT2D eigenvalue weighted by molar-refractivity contribution is 4.90. The Morgan fingerprint density at radius 2 is 2.18 bits per heavy atom. The molecule has 0 aromatic carbocycles. The minimum atomic E-state index is -0.497. The summed E-state index contributed by atoms with van der Waals surface area (Å²) >= 11 is 0. The first-order chi connectivity index (χ1) is 8.11. The summed E-state index contributed by atoms with van der Waals surface area (Å²) in [6.45, 7) is 5.49. The van der Waals surface area contributed by atoms with E-state index in [9.17, 15) is 5.11 Å². The molecule has 0 bridgehead atoms. The summed E-state index contributed by atoms with van der Waals surface area (Å²) in [5.41, 5.74) is -0.497. The molecule has 5 nitrogen and oxygen atoms in total. The largest absolute Gasteiger partial charge is 0.389 e. The molecule has 2 N–H and O–H groups in total. The number of rotatable bonds is 5. The highest BCUT2D eigenvalue weighted by Crippen LogP contribution is 2.28. The van der Waals surface area contributed by atoms with Crippen LogP contribution in [0.25, 0.3) is 0 Å². The third-order valence-corrected chi connectivity index (χ3v) is 3.41. The van der Waals surface area contributed by atoms with Gasteiger partial charge in [-0.05, 0) is 26.7 Å². The fourth-order valence-electron chi connectivity index (χ4n) is 2.45. The molecule has 1 aliphatic carbocycles. The van der Waals surface area contributed by atoms with Gasteiger partial charge in [0, 0.05) is 12.6 Å². The van der Waals surface area contributed by atoms with E-state index in [0.29, 0.717) is 19.1 Å². The van der Waals surface area contributed by atoms with E-state index >= 15 is 0 Å². The van der Waals surface area contributed by atoms with Gasteiger partial charge in [0.15, 0.2) is 0 Å². The van der Waals surface area contributed by atoms with E-state index < -0.39 is 5.60 Å². The average molecular weight is 238 g/mol. The van der Waals surface area contributed by atoms with Crippen LogP contribution in [0.3, 0.4) is 0 Å². The molecule has 0 aliphatic heterocycles. The molecular formula is C12H22N4O. The highest BCUT2D eigenvalue weighted by atomic mass is 16.3. The Balaban J connectivity index is 1.83. The summed E-state index contributed by atoms with van der Waals surface area (Å²) < 4.78 is 1.91. The van der Waals surface area contributed by atoms with E-state index in [0.717, 1.165) is 31.5 Å². The van der Waals surface area contributed by atoms with Crippen LogP contribution in [0.5, 0.6) is 0 Å². The van der Waals surface area contributed by atoms with Gasteiger partial charge in [0.2, 0.25) is 0 Å². The van der Waals surface area contributed by atoms with Crippen LogP contribution in [0.1, 0.15) is 51.4 Å². The van der Waals surface area contributed by atoms with Crippen molar-refractivity contribution in [2.75, 3.05) is 6.54 Å². The smallest absolute Gasteiger partial charge is 0.141 e.